The molecule has 2 heterocycles. The molecule has 1 aromatic heterocycles. The van der Waals surface area contributed by atoms with Crippen molar-refractivity contribution in [1.29, 1.82) is 0 Å². The number of hydrogen-bond donors (Lipinski definition) is 2. The van der Waals surface area contributed by atoms with Gasteiger partial charge in [-0.1, -0.05) is 12.1 Å². The quantitative estimate of drug-likeness (QED) is 0.858. The predicted molar refractivity (Wildman–Crippen MR) is 66.7 cm³/mol. The van der Waals surface area contributed by atoms with E-state index in [1.54, 1.807) is 30.2 Å². The Morgan fingerprint density at radius 2 is 2.41 bits per heavy atom. The van der Waals surface area contributed by atoms with E-state index in [4.69, 9.17) is 0 Å². The number of H-pyrrole nitrogens is 1. The Labute approximate surface area is 103 Å². The number of anilines is 1. The number of nitrogens with zero attached hydrogens (tertiary/aromatic N) is 1. The van der Waals surface area contributed by atoms with Gasteiger partial charge in [-0.25, -0.2) is 4.39 Å². The summed E-state index contributed by atoms with van der Waals surface area (Å²) in [6.45, 7) is 0. The van der Waals surface area contributed by atoms with Gasteiger partial charge in [0.1, 0.15) is 5.82 Å². The summed E-state index contributed by atoms with van der Waals surface area (Å²) in [5.74, 6) is 0.815. The van der Waals surface area contributed by atoms with E-state index < -0.39 is 0 Å². The first-order valence-electron chi connectivity index (χ1n) is 5.51. The van der Waals surface area contributed by atoms with Crippen molar-refractivity contribution < 1.29 is 4.39 Å². The highest BCUT2D eigenvalue weighted by Crippen LogP contribution is 2.39. The summed E-state index contributed by atoms with van der Waals surface area (Å²) in [6.07, 6.45) is 4.54. The normalized spacial score (nSPS) is 18.8. The van der Waals surface area contributed by atoms with E-state index in [0.29, 0.717) is 0 Å². The van der Waals surface area contributed by atoms with Gasteiger partial charge >= 0.3 is 0 Å². The van der Waals surface area contributed by atoms with Gasteiger partial charge in [0.2, 0.25) is 0 Å². The molecule has 0 aliphatic carbocycles. The number of fused-ring (bicyclic) bond motifs is 1. The lowest BCUT2D eigenvalue weighted by molar-refractivity contribution is 0.585. The van der Waals surface area contributed by atoms with Gasteiger partial charge in [0, 0.05) is 16.8 Å². The van der Waals surface area contributed by atoms with Crippen molar-refractivity contribution in [3.63, 3.8) is 0 Å². The highest BCUT2D eigenvalue weighted by Gasteiger charge is 2.22. The average molecular weight is 249 g/mol. The number of halogens is 1. The van der Waals surface area contributed by atoms with Crippen LogP contribution in [0.3, 0.4) is 0 Å². The topological polar surface area (TPSA) is 40.7 Å². The fourth-order valence-electron chi connectivity index (χ4n) is 2.07. The molecular weight excluding hydrogens is 237 g/mol. The second-order valence-corrected chi connectivity index (χ2v) is 5.08. The molecule has 1 aliphatic heterocycles. The summed E-state index contributed by atoms with van der Waals surface area (Å²) >= 11 is 1.59. The highest BCUT2D eigenvalue weighted by molar-refractivity contribution is 7.99. The SMILES string of the molecule is Fc1cccc2c1SCCC2Nc1cn[nH]c1. The molecule has 1 aromatic carbocycles. The predicted octanol–water partition coefficient (Wildman–Crippen LogP) is 3.20. The maximum Gasteiger partial charge on any atom is 0.137 e. The standard InChI is InChI=1S/C12H12FN3S/c13-10-3-1-2-9-11(4-5-17-12(9)10)16-8-6-14-15-7-8/h1-3,6-7,11,16H,4-5H2,(H,14,15). The molecule has 88 valence electrons. The van der Waals surface area contributed by atoms with Crippen molar-refractivity contribution in [3.05, 3.63) is 42.0 Å². The number of thioether (sulfide) groups is 1. The van der Waals surface area contributed by atoms with Gasteiger partial charge in [0.05, 0.1) is 17.9 Å². The zero-order chi connectivity index (χ0) is 11.7. The summed E-state index contributed by atoms with van der Waals surface area (Å²) in [5, 5.41) is 10.0. The minimum Gasteiger partial charge on any atom is -0.376 e. The van der Waals surface area contributed by atoms with Gasteiger partial charge in [0.25, 0.3) is 0 Å². The molecule has 0 radical (unpaired) electrons. The van der Waals surface area contributed by atoms with E-state index >= 15 is 0 Å². The number of aromatic amines is 1. The number of nitrogens with one attached hydrogen (secondary N) is 2. The van der Waals surface area contributed by atoms with Gasteiger partial charge in [-0.15, -0.1) is 11.8 Å². The Hall–Kier alpha value is -1.49. The fourth-order valence-corrected chi connectivity index (χ4v) is 3.21. The minimum absolute atomic E-state index is 0.119. The van der Waals surface area contributed by atoms with Gasteiger partial charge < -0.3 is 5.32 Å². The third-order valence-corrected chi connectivity index (χ3v) is 4.02. The molecule has 1 unspecified atom stereocenters. The third kappa shape index (κ3) is 2.02. The van der Waals surface area contributed by atoms with Crippen LogP contribution in [0.1, 0.15) is 18.0 Å². The summed E-state index contributed by atoms with van der Waals surface area (Å²) < 4.78 is 13.7. The Morgan fingerprint density at radius 1 is 1.47 bits per heavy atom. The first kappa shape index (κ1) is 10.7. The molecule has 3 rings (SSSR count). The molecule has 2 N–H and O–H groups in total. The van der Waals surface area contributed by atoms with Gasteiger partial charge in [-0.2, -0.15) is 5.10 Å². The van der Waals surface area contributed by atoms with Crippen LogP contribution in [0.15, 0.2) is 35.5 Å². The smallest absolute Gasteiger partial charge is 0.137 e. The molecule has 0 saturated carbocycles. The van der Waals surface area contributed by atoms with Crippen molar-refractivity contribution >= 4 is 17.4 Å². The molecule has 17 heavy (non-hydrogen) atoms. The first-order chi connectivity index (χ1) is 8.34. The van der Waals surface area contributed by atoms with Crippen molar-refractivity contribution in [1.82, 2.24) is 10.2 Å². The van der Waals surface area contributed by atoms with E-state index in [1.807, 2.05) is 6.07 Å². The maximum atomic E-state index is 13.7. The highest BCUT2D eigenvalue weighted by atomic mass is 32.2. The van der Waals surface area contributed by atoms with Crippen LogP contribution in [0.5, 0.6) is 0 Å². The van der Waals surface area contributed by atoms with Crippen LogP contribution in [-0.4, -0.2) is 16.0 Å². The molecule has 1 aliphatic rings. The molecule has 1 atom stereocenters. The van der Waals surface area contributed by atoms with Gasteiger partial charge in [0.15, 0.2) is 0 Å². The van der Waals surface area contributed by atoms with Crippen molar-refractivity contribution in [2.45, 2.75) is 17.4 Å². The van der Waals surface area contributed by atoms with Gasteiger partial charge in [-0.05, 0) is 18.1 Å². The molecule has 5 heteroatoms. The summed E-state index contributed by atoms with van der Waals surface area (Å²) in [4.78, 5) is 0.778. The summed E-state index contributed by atoms with van der Waals surface area (Å²) in [5.41, 5.74) is 1.99. The largest absolute Gasteiger partial charge is 0.376 e. The maximum absolute atomic E-state index is 13.7. The van der Waals surface area contributed by atoms with Crippen molar-refractivity contribution in [3.8, 4) is 0 Å². The number of aromatic nitrogens is 2. The van der Waals surface area contributed by atoms with Crippen LogP contribution in [0.2, 0.25) is 0 Å². The monoisotopic (exact) mass is 249 g/mol. The fraction of sp³-hybridized carbons (Fsp3) is 0.250. The number of rotatable bonds is 2. The zero-order valence-electron chi connectivity index (χ0n) is 9.11. The van der Waals surface area contributed by atoms with E-state index in [0.717, 1.165) is 28.3 Å². The van der Waals surface area contributed by atoms with Crippen LogP contribution < -0.4 is 5.32 Å². The number of benzene rings is 1. The van der Waals surface area contributed by atoms with E-state index in [9.17, 15) is 4.39 Å². The Kier molecular flexibility index (Phi) is 2.76. The molecule has 0 fully saturated rings. The third-order valence-electron chi connectivity index (χ3n) is 2.86. The van der Waals surface area contributed by atoms with E-state index in [1.165, 1.54) is 6.07 Å². The Bertz CT molecular complexity index is 512. The second kappa shape index (κ2) is 4.41. The van der Waals surface area contributed by atoms with Crippen molar-refractivity contribution in [2.24, 2.45) is 0 Å². The summed E-state index contributed by atoms with van der Waals surface area (Å²) in [7, 11) is 0. The van der Waals surface area contributed by atoms with Crippen LogP contribution in [-0.2, 0) is 0 Å². The molecular formula is C12H12FN3S. The van der Waals surface area contributed by atoms with Crippen LogP contribution >= 0.6 is 11.8 Å². The van der Waals surface area contributed by atoms with E-state index in [-0.39, 0.29) is 11.9 Å². The first-order valence-corrected chi connectivity index (χ1v) is 6.49. The molecule has 2 aromatic rings. The molecule has 0 spiro atoms. The van der Waals surface area contributed by atoms with Crippen LogP contribution in [0.25, 0.3) is 0 Å². The molecule has 3 nitrogen and oxygen atoms in total. The van der Waals surface area contributed by atoms with Crippen LogP contribution in [0.4, 0.5) is 10.1 Å². The van der Waals surface area contributed by atoms with Crippen molar-refractivity contribution in [2.75, 3.05) is 11.1 Å². The lowest BCUT2D eigenvalue weighted by Gasteiger charge is -2.26. The second-order valence-electron chi connectivity index (χ2n) is 3.98. The Balaban J connectivity index is 1.92. The Morgan fingerprint density at radius 3 is 3.24 bits per heavy atom. The average Bonchev–Trinajstić information content (AvgIpc) is 2.83. The molecule has 0 amide bonds. The molecule has 0 saturated heterocycles. The lowest BCUT2D eigenvalue weighted by atomic mass is 10.0. The van der Waals surface area contributed by atoms with Crippen LogP contribution in [0, 0.1) is 5.82 Å². The number of hydrogen-bond acceptors (Lipinski definition) is 3. The molecule has 0 bridgehead atoms. The minimum atomic E-state index is -0.119. The zero-order valence-corrected chi connectivity index (χ0v) is 9.93. The van der Waals surface area contributed by atoms with Gasteiger partial charge in [-0.3, -0.25) is 5.10 Å². The summed E-state index contributed by atoms with van der Waals surface area (Å²) in [6, 6.07) is 5.44. The lowest BCUT2D eigenvalue weighted by Crippen LogP contribution is -2.16. The van der Waals surface area contributed by atoms with E-state index in [2.05, 4.69) is 15.5 Å².